The number of nitriles is 1. The number of hydrogen-bond donors (Lipinski definition) is 0. The van der Waals surface area contributed by atoms with Crippen molar-refractivity contribution in [1.82, 2.24) is 4.98 Å². The van der Waals surface area contributed by atoms with E-state index in [4.69, 9.17) is 4.42 Å². The van der Waals surface area contributed by atoms with E-state index in [9.17, 15) is 9.65 Å². The molecule has 5 heteroatoms. The first kappa shape index (κ1) is 14.5. The molecule has 0 atom stereocenters. The van der Waals surface area contributed by atoms with Crippen LogP contribution in [-0.4, -0.2) is 11.5 Å². The lowest BCUT2D eigenvalue weighted by Crippen LogP contribution is -2.30. The maximum absolute atomic E-state index is 14.0. The lowest BCUT2D eigenvalue weighted by atomic mass is 10.00. The van der Waals surface area contributed by atoms with Crippen molar-refractivity contribution >= 4 is 5.88 Å². The van der Waals surface area contributed by atoms with E-state index < -0.39 is 5.82 Å². The Bertz CT molecular complexity index is 942. The van der Waals surface area contributed by atoms with Crippen molar-refractivity contribution in [3.05, 3.63) is 71.2 Å². The van der Waals surface area contributed by atoms with Crippen molar-refractivity contribution in [2.45, 2.75) is 13.0 Å². The highest BCUT2D eigenvalue weighted by molar-refractivity contribution is 5.60. The van der Waals surface area contributed by atoms with Crippen LogP contribution in [0.2, 0.25) is 0 Å². The number of hydrogen-bond acceptors (Lipinski definition) is 4. The van der Waals surface area contributed by atoms with Gasteiger partial charge in [0.15, 0.2) is 0 Å². The molecule has 0 N–H and O–H groups in total. The fraction of sp³-hybridized carbons (Fsp3) is 0.158. The van der Waals surface area contributed by atoms with E-state index in [-0.39, 0.29) is 17.1 Å². The standard InChI is InChI=1S/C19H14FN3O/c20-16-8-4-3-7-15(16)18-22-17(11-21)19(24-18)23-10-9-13-5-1-2-6-14(13)12-23/h1-8H,9-10,12H2. The van der Waals surface area contributed by atoms with Gasteiger partial charge < -0.3 is 9.32 Å². The number of rotatable bonds is 2. The van der Waals surface area contributed by atoms with Crippen LogP contribution in [0.25, 0.3) is 11.5 Å². The van der Waals surface area contributed by atoms with Crippen LogP contribution >= 0.6 is 0 Å². The molecule has 24 heavy (non-hydrogen) atoms. The Morgan fingerprint density at radius 2 is 1.83 bits per heavy atom. The van der Waals surface area contributed by atoms with Gasteiger partial charge in [0.1, 0.15) is 11.9 Å². The van der Waals surface area contributed by atoms with E-state index >= 15 is 0 Å². The molecule has 1 aliphatic rings. The third-order valence-corrected chi connectivity index (χ3v) is 4.24. The van der Waals surface area contributed by atoms with Crippen LogP contribution in [0.15, 0.2) is 52.9 Å². The predicted molar refractivity (Wildman–Crippen MR) is 87.8 cm³/mol. The minimum atomic E-state index is -0.418. The van der Waals surface area contributed by atoms with Crippen molar-refractivity contribution in [1.29, 1.82) is 5.26 Å². The van der Waals surface area contributed by atoms with E-state index in [1.165, 1.54) is 17.2 Å². The summed E-state index contributed by atoms with van der Waals surface area (Å²) in [6, 6.07) is 16.5. The second-order valence-electron chi connectivity index (χ2n) is 5.70. The maximum Gasteiger partial charge on any atom is 0.235 e. The quantitative estimate of drug-likeness (QED) is 0.718. The highest BCUT2D eigenvalue weighted by Gasteiger charge is 2.24. The number of oxazole rings is 1. The summed E-state index contributed by atoms with van der Waals surface area (Å²) in [5.74, 6) is 0.127. The van der Waals surface area contributed by atoms with Gasteiger partial charge >= 0.3 is 0 Å². The van der Waals surface area contributed by atoms with Crippen LogP contribution in [0.3, 0.4) is 0 Å². The summed E-state index contributed by atoms with van der Waals surface area (Å²) in [7, 11) is 0. The van der Waals surface area contributed by atoms with E-state index in [0.717, 1.165) is 13.0 Å². The highest BCUT2D eigenvalue weighted by Crippen LogP contribution is 2.32. The van der Waals surface area contributed by atoms with Gasteiger partial charge in [0.2, 0.25) is 17.5 Å². The zero-order valence-corrected chi connectivity index (χ0v) is 12.9. The first-order valence-electron chi connectivity index (χ1n) is 7.74. The molecule has 0 saturated carbocycles. The van der Waals surface area contributed by atoms with Gasteiger partial charge in [-0.15, -0.1) is 0 Å². The molecule has 0 amide bonds. The Kier molecular flexibility index (Phi) is 3.51. The molecule has 3 aromatic rings. The fourth-order valence-electron chi connectivity index (χ4n) is 3.02. The first-order valence-corrected chi connectivity index (χ1v) is 7.74. The summed E-state index contributed by atoms with van der Waals surface area (Å²) in [5.41, 5.74) is 2.96. The number of nitrogens with zero attached hydrogens (tertiary/aromatic N) is 3. The maximum atomic E-state index is 14.0. The highest BCUT2D eigenvalue weighted by atomic mass is 19.1. The zero-order chi connectivity index (χ0) is 16.5. The first-order chi connectivity index (χ1) is 11.8. The molecule has 4 rings (SSSR count). The molecule has 1 aliphatic heterocycles. The third kappa shape index (κ3) is 2.42. The summed E-state index contributed by atoms with van der Waals surface area (Å²) >= 11 is 0. The minimum Gasteiger partial charge on any atom is -0.419 e. The molecular formula is C19H14FN3O. The van der Waals surface area contributed by atoms with Gasteiger partial charge in [-0.1, -0.05) is 36.4 Å². The molecule has 2 aromatic carbocycles. The Balaban J connectivity index is 1.72. The molecule has 0 saturated heterocycles. The number of aromatic nitrogens is 1. The van der Waals surface area contributed by atoms with Crippen LogP contribution in [-0.2, 0) is 13.0 Å². The Labute approximate surface area is 138 Å². The molecular weight excluding hydrogens is 305 g/mol. The number of anilines is 1. The van der Waals surface area contributed by atoms with Crippen molar-refractivity contribution in [2.75, 3.05) is 11.4 Å². The topological polar surface area (TPSA) is 53.1 Å². The van der Waals surface area contributed by atoms with Gasteiger partial charge in [-0.3, -0.25) is 0 Å². The van der Waals surface area contributed by atoms with E-state index in [2.05, 4.69) is 23.2 Å². The van der Waals surface area contributed by atoms with Gasteiger partial charge in [-0.2, -0.15) is 10.2 Å². The van der Waals surface area contributed by atoms with Gasteiger partial charge in [-0.25, -0.2) is 4.39 Å². The SMILES string of the molecule is N#Cc1nc(-c2ccccc2F)oc1N1CCc2ccccc2C1. The lowest BCUT2D eigenvalue weighted by molar-refractivity contribution is 0.534. The molecule has 2 heterocycles. The summed E-state index contributed by atoms with van der Waals surface area (Å²) < 4.78 is 19.7. The second-order valence-corrected chi connectivity index (χ2v) is 5.70. The van der Waals surface area contributed by atoms with Crippen LogP contribution in [0, 0.1) is 17.1 Å². The van der Waals surface area contributed by atoms with Gasteiger partial charge in [0.25, 0.3) is 0 Å². The second kappa shape index (κ2) is 5.82. The van der Waals surface area contributed by atoms with Crippen LogP contribution in [0.4, 0.5) is 10.3 Å². The number of benzene rings is 2. The molecule has 0 spiro atoms. The van der Waals surface area contributed by atoms with Crippen molar-refractivity contribution in [3.8, 4) is 17.5 Å². The molecule has 0 fully saturated rings. The normalized spacial score (nSPS) is 13.4. The van der Waals surface area contributed by atoms with Crippen LogP contribution in [0.1, 0.15) is 16.8 Å². The summed E-state index contributed by atoms with van der Waals surface area (Å²) in [5, 5.41) is 9.38. The third-order valence-electron chi connectivity index (χ3n) is 4.24. The van der Waals surface area contributed by atoms with Crippen LogP contribution < -0.4 is 4.90 Å². The van der Waals surface area contributed by atoms with Crippen molar-refractivity contribution in [2.24, 2.45) is 0 Å². The van der Waals surface area contributed by atoms with Gasteiger partial charge in [-0.05, 0) is 29.7 Å². The van der Waals surface area contributed by atoms with Gasteiger partial charge in [0, 0.05) is 13.1 Å². The largest absolute Gasteiger partial charge is 0.419 e. The average Bonchev–Trinajstić information content (AvgIpc) is 3.06. The molecule has 118 valence electrons. The number of halogens is 1. The Hall–Kier alpha value is -3.13. The lowest BCUT2D eigenvalue weighted by Gasteiger charge is -2.28. The smallest absolute Gasteiger partial charge is 0.235 e. The molecule has 0 unspecified atom stereocenters. The predicted octanol–water partition coefficient (Wildman–Crippen LogP) is 3.92. The fourth-order valence-corrected chi connectivity index (χ4v) is 3.02. The van der Waals surface area contributed by atoms with Crippen LogP contribution in [0.5, 0.6) is 0 Å². The van der Waals surface area contributed by atoms with Gasteiger partial charge in [0.05, 0.1) is 5.56 Å². The number of fused-ring (bicyclic) bond motifs is 1. The Morgan fingerprint density at radius 3 is 2.62 bits per heavy atom. The summed E-state index contributed by atoms with van der Waals surface area (Å²) in [4.78, 5) is 6.17. The van der Waals surface area contributed by atoms with E-state index in [0.29, 0.717) is 12.4 Å². The van der Waals surface area contributed by atoms with Crippen molar-refractivity contribution < 1.29 is 8.81 Å². The van der Waals surface area contributed by atoms with E-state index in [1.54, 1.807) is 18.2 Å². The summed E-state index contributed by atoms with van der Waals surface area (Å²) in [6.45, 7) is 1.38. The minimum absolute atomic E-state index is 0.138. The van der Waals surface area contributed by atoms with Crippen molar-refractivity contribution in [3.63, 3.8) is 0 Å². The zero-order valence-electron chi connectivity index (χ0n) is 12.9. The molecule has 0 radical (unpaired) electrons. The average molecular weight is 319 g/mol. The molecule has 4 nitrogen and oxygen atoms in total. The summed E-state index contributed by atoms with van der Waals surface area (Å²) in [6.07, 6.45) is 0.872. The molecule has 0 aliphatic carbocycles. The Morgan fingerprint density at radius 1 is 1.08 bits per heavy atom. The van der Waals surface area contributed by atoms with E-state index in [1.807, 2.05) is 17.0 Å². The molecule has 0 bridgehead atoms. The molecule has 1 aromatic heterocycles. The monoisotopic (exact) mass is 319 g/mol.